The van der Waals surface area contributed by atoms with Crippen LogP contribution in [-0.2, 0) is 11.3 Å². The molecule has 0 saturated heterocycles. The van der Waals surface area contributed by atoms with Gasteiger partial charge in [0.2, 0.25) is 6.79 Å². The normalized spacial score (nSPS) is 14.7. The Morgan fingerprint density at radius 1 is 1.37 bits per heavy atom. The average molecular weight is 265 g/mol. The van der Waals surface area contributed by atoms with Crippen LogP contribution in [0.1, 0.15) is 19.4 Å². The van der Waals surface area contributed by atoms with Crippen LogP contribution in [0, 0.1) is 11.8 Å². The lowest BCUT2D eigenvalue weighted by Gasteiger charge is -2.16. The van der Waals surface area contributed by atoms with Crippen molar-refractivity contribution in [2.24, 2.45) is 11.8 Å². The number of hydrogen-bond donors (Lipinski definition) is 2. The van der Waals surface area contributed by atoms with Crippen LogP contribution in [0.2, 0.25) is 0 Å². The molecule has 1 aliphatic rings. The van der Waals surface area contributed by atoms with Crippen LogP contribution in [0.3, 0.4) is 0 Å². The molecular weight excluding hydrogens is 246 g/mol. The molecule has 0 bridgehead atoms. The van der Waals surface area contributed by atoms with Gasteiger partial charge in [0.1, 0.15) is 0 Å². The van der Waals surface area contributed by atoms with E-state index < -0.39 is 5.97 Å². The summed E-state index contributed by atoms with van der Waals surface area (Å²) in [4.78, 5) is 11.1. The molecule has 0 saturated carbocycles. The van der Waals surface area contributed by atoms with Gasteiger partial charge in [0.05, 0.1) is 5.92 Å². The Kier molecular flexibility index (Phi) is 4.27. The van der Waals surface area contributed by atoms with E-state index in [2.05, 4.69) is 5.32 Å². The molecule has 1 atom stereocenters. The van der Waals surface area contributed by atoms with Crippen molar-refractivity contribution < 1.29 is 19.4 Å². The minimum Gasteiger partial charge on any atom is -0.481 e. The standard InChI is InChI=1S/C14H19NO4/c1-9(2)11(14(16)17)7-15-6-10-3-4-12-13(5-10)19-8-18-12/h3-5,9,11,15H,6-8H2,1-2H3,(H,16,17). The largest absolute Gasteiger partial charge is 0.481 e. The fourth-order valence-corrected chi connectivity index (χ4v) is 2.03. The second-order valence-corrected chi connectivity index (χ2v) is 5.01. The quantitative estimate of drug-likeness (QED) is 0.821. The van der Waals surface area contributed by atoms with Crippen molar-refractivity contribution in [2.75, 3.05) is 13.3 Å². The number of hydrogen-bond acceptors (Lipinski definition) is 4. The monoisotopic (exact) mass is 265 g/mol. The number of rotatable bonds is 6. The van der Waals surface area contributed by atoms with Crippen LogP contribution in [0.15, 0.2) is 18.2 Å². The van der Waals surface area contributed by atoms with E-state index in [0.29, 0.717) is 13.1 Å². The third-order valence-electron chi connectivity index (χ3n) is 3.25. The molecule has 19 heavy (non-hydrogen) atoms. The van der Waals surface area contributed by atoms with Gasteiger partial charge in [-0.25, -0.2) is 0 Å². The summed E-state index contributed by atoms with van der Waals surface area (Å²) in [5, 5.41) is 12.3. The topological polar surface area (TPSA) is 67.8 Å². The minimum atomic E-state index is -0.756. The lowest BCUT2D eigenvalue weighted by Crippen LogP contribution is -2.31. The second-order valence-electron chi connectivity index (χ2n) is 5.01. The summed E-state index contributed by atoms with van der Waals surface area (Å²) in [6.07, 6.45) is 0. The number of fused-ring (bicyclic) bond motifs is 1. The molecule has 1 aromatic carbocycles. The fraction of sp³-hybridized carbons (Fsp3) is 0.500. The first-order valence-corrected chi connectivity index (χ1v) is 6.40. The molecule has 104 valence electrons. The average Bonchev–Trinajstić information content (AvgIpc) is 2.80. The van der Waals surface area contributed by atoms with E-state index in [-0.39, 0.29) is 18.6 Å². The summed E-state index contributed by atoms with van der Waals surface area (Å²) in [5.41, 5.74) is 1.05. The van der Waals surface area contributed by atoms with E-state index in [4.69, 9.17) is 14.6 Å². The molecule has 0 aliphatic carbocycles. The highest BCUT2D eigenvalue weighted by Gasteiger charge is 2.20. The first-order valence-electron chi connectivity index (χ1n) is 6.40. The zero-order valence-electron chi connectivity index (χ0n) is 11.2. The molecule has 1 heterocycles. The van der Waals surface area contributed by atoms with Crippen molar-refractivity contribution in [3.05, 3.63) is 23.8 Å². The molecule has 1 unspecified atom stereocenters. The van der Waals surface area contributed by atoms with Crippen LogP contribution < -0.4 is 14.8 Å². The van der Waals surface area contributed by atoms with Gasteiger partial charge in [-0.05, 0) is 23.6 Å². The lowest BCUT2D eigenvalue weighted by molar-refractivity contribution is -0.143. The number of carbonyl (C=O) groups is 1. The molecule has 0 radical (unpaired) electrons. The molecule has 2 rings (SSSR count). The van der Waals surface area contributed by atoms with Crippen LogP contribution >= 0.6 is 0 Å². The van der Waals surface area contributed by atoms with E-state index in [0.717, 1.165) is 17.1 Å². The van der Waals surface area contributed by atoms with Gasteiger partial charge in [-0.3, -0.25) is 4.79 Å². The van der Waals surface area contributed by atoms with Crippen molar-refractivity contribution in [1.29, 1.82) is 0 Å². The van der Waals surface area contributed by atoms with Gasteiger partial charge in [0.25, 0.3) is 0 Å². The number of aliphatic carboxylic acids is 1. The van der Waals surface area contributed by atoms with Gasteiger partial charge >= 0.3 is 5.97 Å². The maximum Gasteiger partial charge on any atom is 0.308 e. The summed E-state index contributed by atoms with van der Waals surface area (Å²) in [6.45, 7) is 5.18. The SMILES string of the molecule is CC(C)C(CNCc1ccc2c(c1)OCO2)C(=O)O. The summed E-state index contributed by atoms with van der Waals surface area (Å²) in [6, 6.07) is 5.74. The van der Waals surface area contributed by atoms with Crippen molar-refractivity contribution in [1.82, 2.24) is 5.32 Å². The molecule has 0 amide bonds. The number of nitrogens with one attached hydrogen (secondary N) is 1. The summed E-state index contributed by atoms with van der Waals surface area (Å²) >= 11 is 0. The Balaban J connectivity index is 1.87. The third kappa shape index (κ3) is 3.38. The molecule has 5 heteroatoms. The molecule has 0 spiro atoms. The maximum absolute atomic E-state index is 11.1. The van der Waals surface area contributed by atoms with Crippen molar-refractivity contribution in [3.63, 3.8) is 0 Å². The molecule has 2 N–H and O–H groups in total. The highest BCUT2D eigenvalue weighted by molar-refractivity contribution is 5.70. The lowest BCUT2D eigenvalue weighted by atomic mass is 9.96. The van der Waals surface area contributed by atoms with E-state index in [1.807, 2.05) is 32.0 Å². The van der Waals surface area contributed by atoms with Gasteiger partial charge < -0.3 is 19.9 Å². The van der Waals surface area contributed by atoms with Crippen LogP contribution in [0.4, 0.5) is 0 Å². The summed E-state index contributed by atoms with van der Waals surface area (Å²) in [5.74, 6) is 0.497. The zero-order valence-corrected chi connectivity index (χ0v) is 11.2. The first-order chi connectivity index (χ1) is 9.08. The van der Waals surface area contributed by atoms with E-state index >= 15 is 0 Å². The van der Waals surface area contributed by atoms with Crippen LogP contribution in [0.5, 0.6) is 11.5 Å². The molecule has 0 aromatic heterocycles. The third-order valence-corrected chi connectivity index (χ3v) is 3.25. The maximum atomic E-state index is 11.1. The predicted octanol–water partition coefficient (Wildman–Crippen LogP) is 1.86. The van der Waals surface area contributed by atoms with Gasteiger partial charge in [-0.15, -0.1) is 0 Å². The van der Waals surface area contributed by atoms with Gasteiger partial charge in [0.15, 0.2) is 11.5 Å². The Morgan fingerprint density at radius 2 is 2.11 bits per heavy atom. The van der Waals surface area contributed by atoms with E-state index in [1.54, 1.807) is 0 Å². The highest BCUT2D eigenvalue weighted by Crippen LogP contribution is 2.32. The molecule has 1 aliphatic heterocycles. The Labute approximate surface area is 112 Å². The zero-order chi connectivity index (χ0) is 13.8. The van der Waals surface area contributed by atoms with Crippen molar-refractivity contribution in [2.45, 2.75) is 20.4 Å². The van der Waals surface area contributed by atoms with E-state index in [9.17, 15) is 4.79 Å². The summed E-state index contributed by atoms with van der Waals surface area (Å²) in [7, 11) is 0. The summed E-state index contributed by atoms with van der Waals surface area (Å²) < 4.78 is 10.5. The number of carboxylic acids is 1. The molecule has 5 nitrogen and oxygen atoms in total. The van der Waals surface area contributed by atoms with Gasteiger partial charge in [-0.1, -0.05) is 19.9 Å². The fourth-order valence-electron chi connectivity index (χ4n) is 2.03. The van der Waals surface area contributed by atoms with Crippen molar-refractivity contribution in [3.8, 4) is 11.5 Å². The van der Waals surface area contributed by atoms with Crippen LogP contribution in [-0.4, -0.2) is 24.4 Å². The number of carboxylic acid groups (broad SMARTS) is 1. The Morgan fingerprint density at radius 3 is 2.79 bits per heavy atom. The number of benzene rings is 1. The first kappa shape index (κ1) is 13.7. The predicted molar refractivity (Wildman–Crippen MR) is 70.2 cm³/mol. The van der Waals surface area contributed by atoms with Crippen molar-refractivity contribution >= 4 is 5.97 Å². The number of ether oxygens (including phenoxy) is 2. The second kappa shape index (κ2) is 5.93. The molecule has 1 aromatic rings. The minimum absolute atomic E-state index is 0.113. The molecular formula is C14H19NO4. The Bertz CT molecular complexity index is 459. The van der Waals surface area contributed by atoms with Gasteiger partial charge in [0, 0.05) is 13.1 Å². The smallest absolute Gasteiger partial charge is 0.308 e. The van der Waals surface area contributed by atoms with Crippen LogP contribution in [0.25, 0.3) is 0 Å². The molecule has 0 fully saturated rings. The van der Waals surface area contributed by atoms with E-state index in [1.165, 1.54) is 0 Å². The van der Waals surface area contributed by atoms with Gasteiger partial charge in [-0.2, -0.15) is 0 Å². The highest BCUT2D eigenvalue weighted by atomic mass is 16.7. The Hall–Kier alpha value is -1.75.